The maximum atomic E-state index is 13.0. The lowest BCUT2D eigenvalue weighted by Gasteiger charge is -2.13. The van der Waals surface area contributed by atoms with E-state index in [4.69, 9.17) is 9.15 Å². The van der Waals surface area contributed by atoms with Gasteiger partial charge in [-0.25, -0.2) is 5.43 Å². The van der Waals surface area contributed by atoms with Gasteiger partial charge in [0.1, 0.15) is 11.5 Å². The molecule has 3 aromatic carbocycles. The van der Waals surface area contributed by atoms with Gasteiger partial charge in [0, 0.05) is 34.9 Å². The molecule has 0 atom stereocenters. The number of ether oxygens (including phenoxy) is 1. The minimum atomic E-state index is -0.343. The molecule has 0 bridgehead atoms. The lowest BCUT2D eigenvalue weighted by atomic mass is 9.93. The summed E-state index contributed by atoms with van der Waals surface area (Å²) in [6, 6.07) is 20.5. The van der Waals surface area contributed by atoms with Crippen LogP contribution in [0, 0.1) is 6.92 Å². The van der Waals surface area contributed by atoms with Crippen LogP contribution in [0.3, 0.4) is 0 Å². The molecule has 1 aliphatic rings. The Morgan fingerprint density at radius 3 is 2.63 bits per heavy atom. The highest BCUT2D eigenvalue weighted by atomic mass is 16.5. The Morgan fingerprint density at radius 2 is 1.77 bits per heavy atom. The molecule has 7 heteroatoms. The normalized spacial score (nSPS) is 13.9. The number of nitrogens with one attached hydrogen (secondary N) is 2. The molecule has 7 nitrogen and oxygen atoms in total. The Hall–Kier alpha value is -4.39. The van der Waals surface area contributed by atoms with Crippen molar-refractivity contribution in [2.45, 2.75) is 26.2 Å². The SMILES string of the molecule is COc1cccc(NC(=O)c2oc3c(c2C)/C(=N/NC(=O)c2cccc4ccccc24)CCC3)c1. The summed E-state index contributed by atoms with van der Waals surface area (Å²) in [6.45, 7) is 1.84. The number of carbonyl (C=O) groups is 2. The third-order valence-corrected chi connectivity index (χ3v) is 6.19. The Labute approximate surface area is 202 Å². The number of hydrogen-bond acceptors (Lipinski definition) is 5. The van der Waals surface area contributed by atoms with Crippen LogP contribution in [0.4, 0.5) is 5.69 Å². The van der Waals surface area contributed by atoms with Crippen LogP contribution in [-0.4, -0.2) is 24.6 Å². The van der Waals surface area contributed by atoms with Crippen molar-refractivity contribution in [3.05, 3.63) is 94.9 Å². The highest BCUT2D eigenvalue weighted by Gasteiger charge is 2.28. The quantitative estimate of drug-likeness (QED) is 0.381. The smallest absolute Gasteiger partial charge is 0.291 e. The Balaban J connectivity index is 1.40. The number of rotatable bonds is 5. The van der Waals surface area contributed by atoms with E-state index in [2.05, 4.69) is 15.8 Å². The fourth-order valence-corrected chi connectivity index (χ4v) is 4.49. The van der Waals surface area contributed by atoms with Crippen molar-refractivity contribution in [1.29, 1.82) is 0 Å². The van der Waals surface area contributed by atoms with Crippen LogP contribution in [0.2, 0.25) is 0 Å². The van der Waals surface area contributed by atoms with Crippen LogP contribution in [0.5, 0.6) is 5.75 Å². The summed E-state index contributed by atoms with van der Waals surface area (Å²) in [5.74, 6) is 0.980. The largest absolute Gasteiger partial charge is 0.497 e. The predicted molar refractivity (Wildman–Crippen MR) is 135 cm³/mol. The molecule has 1 aromatic heterocycles. The molecule has 0 radical (unpaired) electrons. The van der Waals surface area contributed by atoms with Crippen molar-refractivity contribution in [1.82, 2.24) is 5.43 Å². The maximum Gasteiger partial charge on any atom is 0.291 e. The Kier molecular flexibility index (Phi) is 6.06. The van der Waals surface area contributed by atoms with Gasteiger partial charge in [0.05, 0.1) is 12.8 Å². The topological polar surface area (TPSA) is 92.9 Å². The molecule has 4 aromatic rings. The first-order valence-electron chi connectivity index (χ1n) is 11.5. The first-order chi connectivity index (χ1) is 17.0. The van der Waals surface area contributed by atoms with E-state index in [0.29, 0.717) is 46.9 Å². The van der Waals surface area contributed by atoms with Crippen LogP contribution in [-0.2, 0) is 6.42 Å². The van der Waals surface area contributed by atoms with Gasteiger partial charge < -0.3 is 14.5 Å². The van der Waals surface area contributed by atoms with Crippen molar-refractivity contribution in [3.8, 4) is 5.75 Å². The number of hydrogen-bond donors (Lipinski definition) is 2. The highest BCUT2D eigenvalue weighted by molar-refractivity contribution is 6.11. The zero-order valence-corrected chi connectivity index (χ0v) is 19.6. The lowest BCUT2D eigenvalue weighted by molar-refractivity contribution is 0.0955. The number of furan rings is 1. The van der Waals surface area contributed by atoms with Gasteiger partial charge in [0.25, 0.3) is 11.8 Å². The highest BCUT2D eigenvalue weighted by Crippen LogP contribution is 2.30. The summed E-state index contributed by atoms with van der Waals surface area (Å²) in [7, 11) is 1.57. The standard InChI is InChI=1S/C28H25N3O4/c1-17-25-23(30-31-27(32)22-13-5-9-18-8-3-4-12-21(18)22)14-7-15-24(25)35-26(17)28(33)29-19-10-6-11-20(16-19)34-2/h3-6,8-13,16H,7,14-15H2,1-2H3,(H,29,33)(H,31,32)/b30-23+. The number of carbonyl (C=O) groups excluding carboxylic acids is 2. The van der Waals surface area contributed by atoms with E-state index in [0.717, 1.165) is 22.8 Å². The van der Waals surface area contributed by atoms with Crippen molar-refractivity contribution in [2.75, 3.05) is 12.4 Å². The number of benzene rings is 3. The van der Waals surface area contributed by atoms with E-state index in [-0.39, 0.29) is 17.6 Å². The molecular formula is C28H25N3O4. The van der Waals surface area contributed by atoms with Crippen LogP contribution >= 0.6 is 0 Å². The number of hydrazone groups is 1. The molecular weight excluding hydrogens is 442 g/mol. The number of aryl methyl sites for hydroxylation is 1. The number of nitrogens with zero attached hydrogens (tertiary/aromatic N) is 1. The molecule has 0 spiro atoms. The van der Waals surface area contributed by atoms with Gasteiger partial charge in [-0.15, -0.1) is 0 Å². The summed E-state index contributed by atoms with van der Waals surface area (Å²) >= 11 is 0. The average molecular weight is 468 g/mol. The minimum absolute atomic E-state index is 0.243. The Bertz CT molecular complexity index is 1460. The number of methoxy groups -OCH3 is 1. The van der Waals surface area contributed by atoms with Crippen molar-refractivity contribution >= 4 is 34.0 Å². The summed E-state index contributed by atoms with van der Waals surface area (Å²) < 4.78 is 11.2. The molecule has 0 unspecified atom stereocenters. The number of amides is 2. The first kappa shape index (κ1) is 22.4. The molecule has 0 saturated heterocycles. The van der Waals surface area contributed by atoms with Crippen LogP contribution < -0.4 is 15.5 Å². The third-order valence-electron chi connectivity index (χ3n) is 6.19. The van der Waals surface area contributed by atoms with Gasteiger partial charge in [0.2, 0.25) is 0 Å². The van der Waals surface area contributed by atoms with Crippen LogP contribution in [0.15, 0.2) is 76.2 Å². The van der Waals surface area contributed by atoms with Gasteiger partial charge in [-0.1, -0.05) is 42.5 Å². The monoisotopic (exact) mass is 467 g/mol. The molecule has 176 valence electrons. The third kappa shape index (κ3) is 4.40. The van der Waals surface area contributed by atoms with E-state index in [1.165, 1.54) is 0 Å². The van der Waals surface area contributed by atoms with Crippen LogP contribution in [0.25, 0.3) is 10.8 Å². The van der Waals surface area contributed by atoms with E-state index >= 15 is 0 Å². The predicted octanol–water partition coefficient (Wildman–Crippen LogP) is 5.47. The van der Waals surface area contributed by atoms with Gasteiger partial charge in [0.15, 0.2) is 5.76 Å². The summed E-state index contributed by atoms with van der Waals surface area (Å²) in [6.07, 6.45) is 2.21. The summed E-state index contributed by atoms with van der Waals surface area (Å²) in [5, 5.41) is 9.18. The second-order valence-corrected chi connectivity index (χ2v) is 8.42. The second-order valence-electron chi connectivity index (χ2n) is 8.42. The zero-order chi connectivity index (χ0) is 24.4. The van der Waals surface area contributed by atoms with Crippen molar-refractivity contribution < 1.29 is 18.7 Å². The maximum absolute atomic E-state index is 13.0. The summed E-state index contributed by atoms with van der Waals surface area (Å²) in [5.41, 5.74) is 6.10. The zero-order valence-electron chi connectivity index (χ0n) is 19.6. The molecule has 2 amide bonds. The molecule has 35 heavy (non-hydrogen) atoms. The van der Waals surface area contributed by atoms with E-state index in [1.807, 2.05) is 49.4 Å². The second kappa shape index (κ2) is 9.46. The van der Waals surface area contributed by atoms with Crippen molar-refractivity contribution in [2.24, 2.45) is 5.10 Å². The van der Waals surface area contributed by atoms with E-state index in [9.17, 15) is 9.59 Å². The fraction of sp³-hybridized carbons (Fsp3) is 0.179. The molecule has 1 aliphatic carbocycles. The number of fused-ring (bicyclic) bond motifs is 2. The fourth-order valence-electron chi connectivity index (χ4n) is 4.49. The van der Waals surface area contributed by atoms with Gasteiger partial charge in [-0.3, -0.25) is 9.59 Å². The van der Waals surface area contributed by atoms with E-state index in [1.54, 1.807) is 31.4 Å². The van der Waals surface area contributed by atoms with Gasteiger partial charge in [-0.2, -0.15) is 5.10 Å². The molecule has 2 N–H and O–H groups in total. The summed E-state index contributed by atoms with van der Waals surface area (Å²) in [4.78, 5) is 25.9. The number of anilines is 1. The lowest BCUT2D eigenvalue weighted by Crippen LogP contribution is -2.22. The van der Waals surface area contributed by atoms with E-state index < -0.39 is 0 Å². The van der Waals surface area contributed by atoms with Crippen molar-refractivity contribution in [3.63, 3.8) is 0 Å². The average Bonchev–Trinajstić information content (AvgIpc) is 3.24. The minimum Gasteiger partial charge on any atom is -0.497 e. The molecule has 0 aliphatic heterocycles. The van der Waals surface area contributed by atoms with Crippen LogP contribution in [0.1, 0.15) is 50.6 Å². The molecule has 0 saturated carbocycles. The Morgan fingerprint density at radius 1 is 0.971 bits per heavy atom. The first-order valence-corrected chi connectivity index (χ1v) is 11.5. The van der Waals surface area contributed by atoms with Gasteiger partial charge >= 0.3 is 0 Å². The molecule has 0 fully saturated rings. The van der Waals surface area contributed by atoms with Gasteiger partial charge in [-0.05, 0) is 48.7 Å². The molecule has 1 heterocycles. The molecule has 5 rings (SSSR count).